The summed E-state index contributed by atoms with van der Waals surface area (Å²) in [5, 5.41) is 2.83. The summed E-state index contributed by atoms with van der Waals surface area (Å²) < 4.78 is 5.54. The monoisotopic (exact) mass is 253 g/mol. The van der Waals surface area contributed by atoms with Crippen LogP contribution < -0.4 is 5.32 Å². The van der Waals surface area contributed by atoms with Crippen molar-refractivity contribution in [1.82, 2.24) is 5.32 Å². The second kappa shape index (κ2) is 8.14. The first-order valence-corrected chi connectivity index (χ1v) is 6.37. The van der Waals surface area contributed by atoms with E-state index in [1.807, 2.05) is 37.3 Å². The van der Waals surface area contributed by atoms with Gasteiger partial charge in [-0.15, -0.1) is 0 Å². The van der Waals surface area contributed by atoms with Gasteiger partial charge in [-0.25, -0.2) is 0 Å². The number of benzene rings is 1. The minimum atomic E-state index is -0.0381. The van der Waals surface area contributed by atoms with Crippen LogP contribution in [0.2, 0.25) is 0 Å². The van der Waals surface area contributed by atoms with Gasteiger partial charge in [-0.2, -0.15) is 12.6 Å². The van der Waals surface area contributed by atoms with E-state index in [2.05, 4.69) is 17.9 Å². The standard InChI is InChI=1S/C13H19NO2S/c1-11(14-13(15)10-17)7-8-16-9-12-5-3-2-4-6-12/h2-6,11,17H,7-10H2,1H3,(H,14,15). The molecule has 0 spiro atoms. The van der Waals surface area contributed by atoms with Crippen LogP contribution >= 0.6 is 12.6 Å². The minimum absolute atomic E-state index is 0.0381. The van der Waals surface area contributed by atoms with Gasteiger partial charge in [0, 0.05) is 12.6 Å². The van der Waals surface area contributed by atoms with Gasteiger partial charge >= 0.3 is 0 Å². The zero-order chi connectivity index (χ0) is 12.5. The molecule has 0 aliphatic rings. The third-order valence-electron chi connectivity index (χ3n) is 2.36. The van der Waals surface area contributed by atoms with Gasteiger partial charge in [0.2, 0.25) is 5.91 Å². The zero-order valence-corrected chi connectivity index (χ0v) is 11.0. The fourth-order valence-electron chi connectivity index (χ4n) is 1.42. The Balaban J connectivity index is 2.10. The fourth-order valence-corrected chi connectivity index (χ4v) is 1.51. The molecule has 0 aliphatic carbocycles. The summed E-state index contributed by atoms with van der Waals surface area (Å²) in [6.07, 6.45) is 0.812. The summed E-state index contributed by atoms with van der Waals surface area (Å²) in [6.45, 7) is 3.23. The van der Waals surface area contributed by atoms with E-state index in [-0.39, 0.29) is 17.7 Å². The van der Waals surface area contributed by atoms with Crippen molar-refractivity contribution in [2.24, 2.45) is 0 Å². The van der Waals surface area contributed by atoms with E-state index in [9.17, 15) is 4.79 Å². The highest BCUT2D eigenvalue weighted by molar-refractivity contribution is 7.81. The predicted molar refractivity (Wildman–Crippen MR) is 72.2 cm³/mol. The summed E-state index contributed by atoms with van der Waals surface area (Å²) in [5.41, 5.74) is 1.17. The summed E-state index contributed by atoms with van der Waals surface area (Å²) in [6, 6.07) is 10.2. The second-order valence-corrected chi connectivity index (χ2v) is 4.27. The van der Waals surface area contributed by atoms with Crippen LogP contribution in [0.5, 0.6) is 0 Å². The smallest absolute Gasteiger partial charge is 0.229 e. The summed E-state index contributed by atoms with van der Waals surface area (Å²) in [5.74, 6) is 0.193. The molecule has 0 saturated carbocycles. The van der Waals surface area contributed by atoms with Crippen LogP contribution in [0.4, 0.5) is 0 Å². The van der Waals surface area contributed by atoms with Crippen LogP contribution in [-0.2, 0) is 16.1 Å². The van der Waals surface area contributed by atoms with Crippen molar-refractivity contribution in [3.05, 3.63) is 35.9 Å². The average Bonchev–Trinajstić information content (AvgIpc) is 2.36. The lowest BCUT2D eigenvalue weighted by Gasteiger charge is -2.13. The van der Waals surface area contributed by atoms with Crippen molar-refractivity contribution in [3.8, 4) is 0 Å². The molecule has 4 heteroatoms. The van der Waals surface area contributed by atoms with Crippen molar-refractivity contribution in [2.75, 3.05) is 12.4 Å². The molecule has 0 bridgehead atoms. The van der Waals surface area contributed by atoms with Crippen molar-refractivity contribution in [2.45, 2.75) is 26.0 Å². The average molecular weight is 253 g/mol. The summed E-state index contributed by atoms with van der Waals surface area (Å²) in [4.78, 5) is 11.0. The molecule has 1 N–H and O–H groups in total. The molecule has 0 radical (unpaired) electrons. The Bertz CT molecular complexity index is 329. The molecule has 17 heavy (non-hydrogen) atoms. The van der Waals surface area contributed by atoms with E-state index in [0.29, 0.717) is 13.2 Å². The molecule has 94 valence electrons. The first-order chi connectivity index (χ1) is 8.22. The van der Waals surface area contributed by atoms with E-state index in [1.165, 1.54) is 5.56 Å². The maximum Gasteiger partial charge on any atom is 0.229 e. The van der Waals surface area contributed by atoms with Gasteiger partial charge in [-0.3, -0.25) is 4.79 Å². The quantitative estimate of drug-likeness (QED) is 0.576. The normalized spacial score (nSPS) is 12.1. The van der Waals surface area contributed by atoms with Crippen LogP contribution in [0, 0.1) is 0 Å². The van der Waals surface area contributed by atoms with E-state index in [0.717, 1.165) is 6.42 Å². The number of nitrogens with one attached hydrogen (secondary N) is 1. The molecule has 1 unspecified atom stereocenters. The third kappa shape index (κ3) is 6.34. The van der Waals surface area contributed by atoms with Crippen molar-refractivity contribution < 1.29 is 9.53 Å². The number of rotatable bonds is 7. The van der Waals surface area contributed by atoms with Gasteiger partial charge in [0.05, 0.1) is 12.4 Å². The van der Waals surface area contributed by atoms with Crippen molar-refractivity contribution in [3.63, 3.8) is 0 Å². The molecule has 0 heterocycles. The topological polar surface area (TPSA) is 38.3 Å². The van der Waals surface area contributed by atoms with Gasteiger partial charge in [0.15, 0.2) is 0 Å². The van der Waals surface area contributed by atoms with Crippen molar-refractivity contribution in [1.29, 1.82) is 0 Å². The lowest BCUT2D eigenvalue weighted by molar-refractivity contribution is -0.119. The number of thiol groups is 1. The second-order valence-electron chi connectivity index (χ2n) is 3.95. The first kappa shape index (κ1) is 14.1. The highest BCUT2D eigenvalue weighted by atomic mass is 32.1. The molecule has 0 aliphatic heterocycles. The lowest BCUT2D eigenvalue weighted by atomic mass is 10.2. The molecule has 0 saturated heterocycles. The Kier molecular flexibility index (Phi) is 6.74. The number of hydrogen-bond acceptors (Lipinski definition) is 3. The predicted octanol–water partition coefficient (Wildman–Crippen LogP) is 2.03. The van der Waals surface area contributed by atoms with Crippen LogP contribution in [0.1, 0.15) is 18.9 Å². The maximum atomic E-state index is 11.0. The fraction of sp³-hybridized carbons (Fsp3) is 0.462. The minimum Gasteiger partial charge on any atom is -0.377 e. The van der Waals surface area contributed by atoms with Crippen molar-refractivity contribution >= 4 is 18.5 Å². The number of carbonyl (C=O) groups excluding carboxylic acids is 1. The van der Waals surface area contributed by atoms with E-state index in [4.69, 9.17) is 4.74 Å². The summed E-state index contributed by atoms with van der Waals surface area (Å²) >= 11 is 3.90. The highest BCUT2D eigenvalue weighted by Gasteiger charge is 2.05. The molecular weight excluding hydrogens is 234 g/mol. The molecule has 1 rings (SSSR count). The molecule has 0 aromatic heterocycles. The van der Waals surface area contributed by atoms with Crippen LogP contribution in [0.25, 0.3) is 0 Å². The lowest BCUT2D eigenvalue weighted by Crippen LogP contribution is -2.34. The Labute approximate surface area is 108 Å². The number of hydrogen-bond donors (Lipinski definition) is 2. The Morgan fingerprint density at radius 2 is 2.12 bits per heavy atom. The van der Waals surface area contributed by atoms with Gasteiger partial charge in [0.1, 0.15) is 0 Å². The third-order valence-corrected chi connectivity index (χ3v) is 2.64. The molecule has 1 atom stereocenters. The maximum absolute atomic E-state index is 11.0. The van der Waals surface area contributed by atoms with E-state index in [1.54, 1.807) is 0 Å². The van der Waals surface area contributed by atoms with E-state index < -0.39 is 0 Å². The van der Waals surface area contributed by atoms with Gasteiger partial charge in [-0.1, -0.05) is 30.3 Å². The van der Waals surface area contributed by atoms with E-state index >= 15 is 0 Å². The van der Waals surface area contributed by atoms with Gasteiger partial charge < -0.3 is 10.1 Å². The molecule has 1 amide bonds. The molecular formula is C13H19NO2S. The molecule has 0 fully saturated rings. The number of carbonyl (C=O) groups is 1. The van der Waals surface area contributed by atoms with Gasteiger partial charge in [0.25, 0.3) is 0 Å². The Morgan fingerprint density at radius 1 is 1.41 bits per heavy atom. The van der Waals surface area contributed by atoms with Gasteiger partial charge in [-0.05, 0) is 18.9 Å². The van der Waals surface area contributed by atoms with Crippen LogP contribution in [0.15, 0.2) is 30.3 Å². The van der Waals surface area contributed by atoms with Crippen LogP contribution in [-0.4, -0.2) is 24.3 Å². The summed E-state index contributed by atoms with van der Waals surface area (Å²) in [7, 11) is 0. The number of ether oxygens (including phenoxy) is 1. The SMILES string of the molecule is CC(CCOCc1ccccc1)NC(=O)CS. The Morgan fingerprint density at radius 3 is 2.76 bits per heavy atom. The number of amides is 1. The molecule has 1 aromatic rings. The molecule has 3 nitrogen and oxygen atoms in total. The van der Waals surface area contributed by atoms with Crippen LogP contribution in [0.3, 0.4) is 0 Å². The largest absolute Gasteiger partial charge is 0.377 e. The molecule has 1 aromatic carbocycles. The Hall–Kier alpha value is -1.000. The highest BCUT2D eigenvalue weighted by Crippen LogP contribution is 2.01. The zero-order valence-electron chi connectivity index (χ0n) is 10.1. The first-order valence-electron chi connectivity index (χ1n) is 5.74.